The molecule has 0 aliphatic heterocycles. The fourth-order valence-corrected chi connectivity index (χ4v) is 2.23. The molecular formula is C18H22N2O4. The zero-order valence-corrected chi connectivity index (χ0v) is 13.9. The molecule has 0 unspecified atom stereocenters. The van der Waals surface area contributed by atoms with E-state index in [0.29, 0.717) is 31.0 Å². The Bertz CT molecular complexity index is 704. The number of aromatic nitrogens is 1. The predicted molar refractivity (Wildman–Crippen MR) is 90.1 cm³/mol. The Labute approximate surface area is 141 Å². The lowest BCUT2D eigenvalue weighted by Crippen LogP contribution is -2.25. The Morgan fingerprint density at radius 3 is 2.46 bits per heavy atom. The standard InChI is InChI=1S/C18H22N2O4/c1-13-5-10-16(20(13)2)18(23)19-12-14-6-8-15(9-7-14)24-11-3-4-17(21)22/h5-10H,3-4,11-12H2,1-2H3,(H,19,23)(H,21,22). The molecule has 0 aliphatic rings. The first-order chi connectivity index (χ1) is 11.5. The number of nitrogens with zero attached hydrogens (tertiary/aromatic N) is 1. The molecule has 2 rings (SSSR count). The van der Waals surface area contributed by atoms with Gasteiger partial charge in [-0.2, -0.15) is 0 Å². The number of carboxylic acid groups (broad SMARTS) is 1. The van der Waals surface area contributed by atoms with E-state index in [0.717, 1.165) is 11.3 Å². The first kappa shape index (κ1) is 17.6. The minimum atomic E-state index is -0.821. The highest BCUT2D eigenvalue weighted by Gasteiger charge is 2.10. The van der Waals surface area contributed by atoms with E-state index in [4.69, 9.17) is 9.84 Å². The number of aryl methyl sites for hydroxylation is 1. The van der Waals surface area contributed by atoms with Crippen LogP contribution < -0.4 is 10.1 Å². The summed E-state index contributed by atoms with van der Waals surface area (Å²) in [6.45, 7) is 2.75. The van der Waals surface area contributed by atoms with Gasteiger partial charge in [0.2, 0.25) is 0 Å². The summed E-state index contributed by atoms with van der Waals surface area (Å²) in [6, 6.07) is 11.1. The molecule has 0 atom stereocenters. The summed E-state index contributed by atoms with van der Waals surface area (Å²) in [5, 5.41) is 11.4. The summed E-state index contributed by atoms with van der Waals surface area (Å²) in [7, 11) is 1.86. The lowest BCUT2D eigenvalue weighted by atomic mass is 10.2. The third-order valence-corrected chi connectivity index (χ3v) is 3.79. The molecule has 24 heavy (non-hydrogen) atoms. The topological polar surface area (TPSA) is 80.6 Å². The number of benzene rings is 1. The molecule has 1 aromatic carbocycles. The van der Waals surface area contributed by atoms with Gasteiger partial charge in [-0.3, -0.25) is 9.59 Å². The number of nitrogens with one attached hydrogen (secondary N) is 1. The van der Waals surface area contributed by atoms with E-state index in [-0.39, 0.29) is 12.3 Å². The lowest BCUT2D eigenvalue weighted by Gasteiger charge is -2.09. The average Bonchev–Trinajstić information content (AvgIpc) is 2.90. The molecule has 0 radical (unpaired) electrons. The number of hydrogen-bond acceptors (Lipinski definition) is 3. The average molecular weight is 330 g/mol. The molecule has 0 aliphatic carbocycles. The summed E-state index contributed by atoms with van der Waals surface area (Å²) in [5.41, 5.74) is 2.63. The molecule has 0 saturated heterocycles. The maximum Gasteiger partial charge on any atom is 0.303 e. The smallest absolute Gasteiger partial charge is 0.303 e. The summed E-state index contributed by atoms with van der Waals surface area (Å²) in [5.74, 6) is -0.244. The van der Waals surface area contributed by atoms with Gasteiger partial charge in [-0.25, -0.2) is 0 Å². The van der Waals surface area contributed by atoms with Crippen molar-refractivity contribution >= 4 is 11.9 Å². The van der Waals surface area contributed by atoms with Crippen molar-refractivity contribution in [3.63, 3.8) is 0 Å². The maximum atomic E-state index is 12.1. The number of carbonyl (C=O) groups excluding carboxylic acids is 1. The van der Waals surface area contributed by atoms with Gasteiger partial charge in [-0.1, -0.05) is 12.1 Å². The molecule has 6 nitrogen and oxygen atoms in total. The first-order valence-electron chi connectivity index (χ1n) is 7.81. The van der Waals surface area contributed by atoms with Crippen molar-refractivity contribution in [2.75, 3.05) is 6.61 Å². The number of aliphatic carboxylic acids is 1. The normalized spacial score (nSPS) is 10.4. The molecule has 1 amide bonds. The van der Waals surface area contributed by atoms with E-state index in [1.165, 1.54) is 0 Å². The van der Waals surface area contributed by atoms with E-state index >= 15 is 0 Å². The van der Waals surface area contributed by atoms with Crippen LogP contribution in [-0.4, -0.2) is 28.2 Å². The van der Waals surface area contributed by atoms with Crippen molar-refractivity contribution < 1.29 is 19.4 Å². The fourth-order valence-electron chi connectivity index (χ4n) is 2.23. The Balaban J connectivity index is 1.80. The van der Waals surface area contributed by atoms with E-state index in [1.807, 2.05) is 48.9 Å². The minimum Gasteiger partial charge on any atom is -0.494 e. The Morgan fingerprint density at radius 1 is 1.17 bits per heavy atom. The fraction of sp³-hybridized carbons (Fsp3) is 0.333. The maximum absolute atomic E-state index is 12.1. The van der Waals surface area contributed by atoms with Gasteiger partial charge in [0, 0.05) is 25.7 Å². The van der Waals surface area contributed by atoms with Crippen LogP contribution >= 0.6 is 0 Å². The van der Waals surface area contributed by atoms with Crippen LogP contribution in [-0.2, 0) is 18.4 Å². The van der Waals surface area contributed by atoms with Gasteiger partial charge in [0.15, 0.2) is 0 Å². The Kier molecular flexibility index (Phi) is 6.01. The molecule has 0 saturated carbocycles. The van der Waals surface area contributed by atoms with Crippen LogP contribution in [0.5, 0.6) is 5.75 Å². The zero-order valence-electron chi connectivity index (χ0n) is 13.9. The predicted octanol–water partition coefficient (Wildman–Crippen LogP) is 2.51. The zero-order chi connectivity index (χ0) is 17.5. The molecule has 1 aromatic heterocycles. The molecule has 1 heterocycles. The van der Waals surface area contributed by atoms with Gasteiger partial charge < -0.3 is 19.7 Å². The minimum absolute atomic E-state index is 0.0999. The van der Waals surface area contributed by atoms with Crippen LogP contribution in [0.1, 0.15) is 34.6 Å². The monoisotopic (exact) mass is 330 g/mol. The quantitative estimate of drug-likeness (QED) is 0.729. The van der Waals surface area contributed by atoms with E-state index in [9.17, 15) is 9.59 Å². The Hall–Kier alpha value is -2.76. The molecular weight excluding hydrogens is 308 g/mol. The van der Waals surface area contributed by atoms with Gasteiger partial charge >= 0.3 is 5.97 Å². The van der Waals surface area contributed by atoms with Crippen LogP contribution in [0, 0.1) is 6.92 Å². The van der Waals surface area contributed by atoms with E-state index in [2.05, 4.69) is 5.32 Å². The number of rotatable bonds is 8. The third-order valence-electron chi connectivity index (χ3n) is 3.79. The molecule has 6 heteroatoms. The van der Waals surface area contributed by atoms with Crippen LogP contribution in [0.2, 0.25) is 0 Å². The van der Waals surface area contributed by atoms with Crippen LogP contribution in [0.15, 0.2) is 36.4 Å². The molecule has 2 N–H and O–H groups in total. The van der Waals surface area contributed by atoms with Gasteiger partial charge in [-0.05, 0) is 43.2 Å². The van der Waals surface area contributed by atoms with Crippen molar-refractivity contribution in [2.24, 2.45) is 7.05 Å². The SMILES string of the molecule is Cc1ccc(C(=O)NCc2ccc(OCCCC(=O)O)cc2)n1C. The second-order valence-corrected chi connectivity index (χ2v) is 5.59. The lowest BCUT2D eigenvalue weighted by molar-refractivity contribution is -0.137. The number of amides is 1. The molecule has 0 fully saturated rings. The van der Waals surface area contributed by atoms with Crippen molar-refractivity contribution in [1.82, 2.24) is 9.88 Å². The summed E-state index contributed by atoms with van der Waals surface area (Å²) < 4.78 is 7.32. The van der Waals surface area contributed by atoms with Gasteiger partial charge in [-0.15, -0.1) is 0 Å². The highest BCUT2D eigenvalue weighted by atomic mass is 16.5. The molecule has 0 spiro atoms. The molecule has 128 valence electrons. The third kappa shape index (κ3) is 4.87. The van der Waals surface area contributed by atoms with E-state index < -0.39 is 5.97 Å². The van der Waals surface area contributed by atoms with Crippen LogP contribution in [0.4, 0.5) is 0 Å². The van der Waals surface area contributed by atoms with Crippen molar-refractivity contribution in [2.45, 2.75) is 26.3 Å². The van der Waals surface area contributed by atoms with Crippen LogP contribution in [0.3, 0.4) is 0 Å². The summed E-state index contributed by atoms with van der Waals surface area (Å²) >= 11 is 0. The highest BCUT2D eigenvalue weighted by Crippen LogP contribution is 2.13. The number of carbonyl (C=O) groups is 2. The van der Waals surface area contributed by atoms with Crippen molar-refractivity contribution in [3.05, 3.63) is 53.3 Å². The first-order valence-corrected chi connectivity index (χ1v) is 7.81. The molecule has 2 aromatic rings. The van der Waals surface area contributed by atoms with Gasteiger partial charge in [0.05, 0.1) is 6.61 Å². The highest BCUT2D eigenvalue weighted by molar-refractivity contribution is 5.92. The van der Waals surface area contributed by atoms with Gasteiger partial charge in [0.1, 0.15) is 11.4 Å². The summed E-state index contributed by atoms with van der Waals surface area (Å²) in [4.78, 5) is 22.6. The number of hydrogen-bond donors (Lipinski definition) is 2. The van der Waals surface area contributed by atoms with Crippen LogP contribution in [0.25, 0.3) is 0 Å². The number of ether oxygens (including phenoxy) is 1. The molecule has 0 bridgehead atoms. The number of carboxylic acids is 1. The Morgan fingerprint density at radius 2 is 1.88 bits per heavy atom. The van der Waals surface area contributed by atoms with Crippen molar-refractivity contribution in [3.8, 4) is 5.75 Å². The van der Waals surface area contributed by atoms with E-state index in [1.54, 1.807) is 6.07 Å². The van der Waals surface area contributed by atoms with Crippen molar-refractivity contribution in [1.29, 1.82) is 0 Å². The largest absolute Gasteiger partial charge is 0.494 e. The van der Waals surface area contributed by atoms with Gasteiger partial charge in [0.25, 0.3) is 5.91 Å². The second-order valence-electron chi connectivity index (χ2n) is 5.59. The summed E-state index contributed by atoms with van der Waals surface area (Å²) in [6.07, 6.45) is 0.575. The second kappa shape index (κ2) is 8.19.